The molecule has 3 rings (SSSR count). The van der Waals surface area contributed by atoms with Crippen molar-refractivity contribution in [3.63, 3.8) is 0 Å². The predicted molar refractivity (Wildman–Crippen MR) is 103 cm³/mol. The molecule has 0 saturated carbocycles. The topological polar surface area (TPSA) is 95.4 Å². The number of nitrogens with one attached hydrogen (secondary N) is 1. The summed E-state index contributed by atoms with van der Waals surface area (Å²) in [6.07, 6.45) is 1.17. The number of H-pyrrole nitrogens is 1. The van der Waals surface area contributed by atoms with Crippen LogP contribution in [0.15, 0.2) is 6.07 Å². The quantitative estimate of drug-likeness (QED) is 0.804. The van der Waals surface area contributed by atoms with Crippen molar-refractivity contribution in [2.75, 3.05) is 26.3 Å². The number of carbonyl (C=O) groups excluding carboxylic acids is 2. The van der Waals surface area contributed by atoms with Gasteiger partial charge < -0.3 is 19.4 Å². The molecule has 1 amide bonds. The van der Waals surface area contributed by atoms with Gasteiger partial charge in [-0.25, -0.2) is 0 Å². The van der Waals surface area contributed by atoms with Crippen LogP contribution in [0.2, 0.25) is 0 Å². The smallest absolute Gasteiger partial charge is 0.317 e. The second-order valence-corrected chi connectivity index (χ2v) is 8.65. The van der Waals surface area contributed by atoms with Gasteiger partial charge in [0.05, 0.1) is 6.10 Å². The van der Waals surface area contributed by atoms with Crippen LogP contribution in [0.1, 0.15) is 63.4 Å². The Bertz CT molecular complexity index is 784. The van der Waals surface area contributed by atoms with Crippen molar-refractivity contribution in [1.29, 1.82) is 5.26 Å². The van der Waals surface area contributed by atoms with E-state index in [2.05, 4.69) is 11.1 Å². The van der Waals surface area contributed by atoms with E-state index in [9.17, 15) is 14.9 Å². The number of nitriles is 1. The largest absolute Gasteiger partial charge is 0.462 e. The SMILES string of the molecule is CC(C)OC(=O)C1CN(C(=O)C2CCOCC2)CC(C)(C)c2cc(C#N)[nH]c21. The Balaban J connectivity index is 1.97. The van der Waals surface area contributed by atoms with Gasteiger partial charge in [0.2, 0.25) is 5.91 Å². The fraction of sp³-hybridized carbons (Fsp3) is 0.667. The lowest BCUT2D eigenvalue weighted by molar-refractivity contribution is -0.151. The highest BCUT2D eigenvalue weighted by atomic mass is 16.5. The third-order valence-corrected chi connectivity index (χ3v) is 5.55. The average Bonchev–Trinajstić information content (AvgIpc) is 3.05. The highest BCUT2D eigenvalue weighted by molar-refractivity contribution is 5.83. The molecule has 7 nitrogen and oxygen atoms in total. The van der Waals surface area contributed by atoms with Crippen LogP contribution in [0, 0.1) is 17.2 Å². The van der Waals surface area contributed by atoms with E-state index in [0.717, 1.165) is 5.56 Å². The molecule has 1 saturated heterocycles. The van der Waals surface area contributed by atoms with Gasteiger partial charge in [-0.1, -0.05) is 13.8 Å². The molecule has 152 valence electrons. The van der Waals surface area contributed by atoms with E-state index in [-0.39, 0.29) is 30.4 Å². The molecule has 0 bridgehead atoms. The molecule has 0 spiro atoms. The Labute approximate surface area is 166 Å². The maximum atomic E-state index is 13.2. The minimum Gasteiger partial charge on any atom is -0.462 e. The predicted octanol–water partition coefficient (Wildman–Crippen LogP) is 2.47. The molecule has 7 heteroatoms. The monoisotopic (exact) mass is 387 g/mol. The van der Waals surface area contributed by atoms with Gasteiger partial charge in [-0.15, -0.1) is 0 Å². The number of nitrogens with zero attached hydrogens (tertiary/aromatic N) is 2. The highest BCUT2D eigenvalue weighted by Crippen LogP contribution is 2.38. The van der Waals surface area contributed by atoms with Gasteiger partial charge in [0, 0.05) is 43.3 Å². The molecule has 1 aromatic rings. The first-order chi connectivity index (χ1) is 13.2. The second kappa shape index (κ2) is 7.96. The van der Waals surface area contributed by atoms with Crippen molar-refractivity contribution in [2.24, 2.45) is 5.92 Å². The van der Waals surface area contributed by atoms with Gasteiger partial charge in [-0.05, 0) is 38.3 Å². The molecule has 1 unspecified atom stereocenters. The van der Waals surface area contributed by atoms with E-state index in [1.54, 1.807) is 19.9 Å². The fourth-order valence-electron chi connectivity index (χ4n) is 4.18. The summed E-state index contributed by atoms with van der Waals surface area (Å²) in [5, 5.41) is 9.33. The molecule has 0 aromatic carbocycles. The normalized spacial score (nSPS) is 22.3. The summed E-state index contributed by atoms with van der Waals surface area (Å²) in [4.78, 5) is 31.0. The van der Waals surface area contributed by atoms with Crippen molar-refractivity contribution in [1.82, 2.24) is 9.88 Å². The molecule has 0 aliphatic carbocycles. The lowest BCUT2D eigenvalue weighted by Crippen LogP contribution is -2.45. The maximum Gasteiger partial charge on any atom is 0.317 e. The summed E-state index contributed by atoms with van der Waals surface area (Å²) in [5.41, 5.74) is 1.62. The molecular weight excluding hydrogens is 358 g/mol. The number of aromatic nitrogens is 1. The van der Waals surface area contributed by atoms with Crippen LogP contribution in [-0.2, 0) is 24.5 Å². The van der Waals surface area contributed by atoms with Crippen LogP contribution in [0.25, 0.3) is 0 Å². The van der Waals surface area contributed by atoms with Gasteiger partial charge in [-0.3, -0.25) is 9.59 Å². The zero-order valence-corrected chi connectivity index (χ0v) is 17.1. The maximum absolute atomic E-state index is 13.2. The lowest BCUT2D eigenvalue weighted by Gasteiger charge is -2.34. The first kappa shape index (κ1) is 20.4. The van der Waals surface area contributed by atoms with E-state index in [1.807, 2.05) is 18.7 Å². The van der Waals surface area contributed by atoms with Crippen LogP contribution < -0.4 is 0 Å². The Morgan fingerprint density at radius 3 is 2.64 bits per heavy atom. The summed E-state index contributed by atoms with van der Waals surface area (Å²) >= 11 is 0. The molecule has 28 heavy (non-hydrogen) atoms. The summed E-state index contributed by atoms with van der Waals surface area (Å²) in [5.74, 6) is -1.00. The number of hydrogen-bond acceptors (Lipinski definition) is 5. The zero-order valence-electron chi connectivity index (χ0n) is 17.1. The van der Waals surface area contributed by atoms with Gasteiger partial charge in [-0.2, -0.15) is 5.26 Å². The number of rotatable bonds is 3. The Hall–Kier alpha value is -2.33. The second-order valence-electron chi connectivity index (χ2n) is 8.65. The molecule has 1 aromatic heterocycles. The minimum absolute atomic E-state index is 0.0718. The van der Waals surface area contributed by atoms with E-state index in [1.165, 1.54) is 0 Å². The van der Waals surface area contributed by atoms with Crippen LogP contribution in [0.3, 0.4) is 0 Å². The molecule has 1 N–H and O–H groups in total. The Morgan fingerprint density at radius 2 is 2.04 bits per heavy atom. The fourth-order valence-corrected chi connectivity index (χ4v) is 4.18. The van der Waals surface area contributed by atoms with Crippen molar-refractivity contribution in [3.05, 3.63) is 23.0 Å². The third-order valence-electron chi connectivity index (χ3n) is 5.55. The van der Waals surface area contributed by atoms with E-state index >= 15 is 0 Å². The number of aromatic amines is 1. The van der Waals surface area contributed by atoms with Crippen LogP contribution in [0.4, 0.5) is 0 Å². The Morgan fingerprint density at radius 1 is 1.36 bits per heavy atom. The Kier molecular flexibility index (Phi) is 5.80. The lowest BCUT2D eigenvalue weighted by atomic mass is 9.83. The van der Waals surface area contributed by atoms with Gasteiger partial charge in [0.15, 0.2) is 0 Å². The minimum atomic E-state index is -0.634. The van der Waals surface area contributed by atoms with E-state index < -0.39 is 11.3 Å². The summed E-state index contributed by atoms with van der Waals surface area (Å²) in [7, 11) is 0. The summed E-state index contributed by atoms with van der Waals surface area (Å²) < 4.78 is 10.9. The third kappa shape index (κ3) is 4.07. The van der Waals surface area contributed by atoms with Crippen molar-refractivity contribution < 1.29 is 19.1 Å². The van der Waals surface area contributed by atoms with Crippen LogP contribution >= 0.6 is 0 Å². The molecule has 2 aliphatic heterocycles. The van der Waals surface area contributed by atoms with Crippen molar-refractivity contribution in [3.8, 4) is 6.07 Å². The first-order valence-corrected chi connectivity index (χ1v) is 9.93. The molecular formula is C21H29N3O4. The van der Waals surface area contributed by atoms with E-state index in [4.69, 9.17) is 9.47 Å². The molecule has 2 aliphatic rings. The van der Waals surface area contributed by atoms with Gasteiger partial charge >= 0.3 is 5.97 Å². The molecule has 1 atom stereocenters. The number of hydrogen-bond donors (Lipinski definition) is 1. The van der Waals surface area contributed by atoms with Crippen LogP contribution in [0.5, 0.6) is 0 Å². The van der Waals surface area contributed by atoms with Crippen molar-refractivity contribution >= 4 is 11.9 Å². The number of ether oxygens (including phenoxy) is 2. The number of esters is 1. The number of fused-ring (bicyclic) bond motifs is 1. The zero-order chi connectivity index (χ0) is 20.5. The molecule has 1 fully saturated rings. The summed E-state index contributed by atoms with van der Waals surface area (Å²) in [6.45, 7) is 9.63. The number of carbonyl (C=O) groups is 2. The average molecular weight is 387 g/mol. The van der Waals surface area contributed by atoms with Gasteiger partial charge in [0.25, 0.3) is 0 Å². The highest BCUT2D eigenvalue weighted by Gasteiger charge is 2.42. The molecule has 0 radical (unpaired) electrons. The van der Waals surface area contributed by atoms with Crippen molar-refractivity contribution in [2.45, 2.75) is 58.0 Å². The van der Waals surface area contributed by atoms with Gasteiger partial charge in [0.1, 0.15) is 17.7 Å². The first-order valence-electron chi connectivity index (χ1n) is 9.93. The van der Waals surface area contributed by atoms with Crippen LogP contribution in [-0.4, -0.2) is 54.2 Å². The molecule has 3 heterocycles. The van der Waals surface area contributed by atoms with E-state index in [0.29, 0.717) is 44.0 Å². The standard InChI is InChI=1S/C21H29N3O4/c1-13(2)28-20(26)16-11-24(19(25)14-5-7-27-8-6-14)12-21(3,4)17-9-15(10-22)23-18(16)17/h9,13-14,16,23H,5-8,11-12H2,1-4H3. The number of amides is 1. The summed E-state index contributed by atoms with van der Waals surface area (Å²) in [6, 6.07) is 3.93.